The second-order valence-corrected chi connectivity index (χ2v) is 7.18. The minimum Gasteiger partial charge on any atom is -0.335 e. The third-order valence-corrected chi connectivity index (χ3v) is 4.01. The molecule has 0 aromatic heterocycles. The molecule has 2 rings (SSSR count). The summed E-state index contributed by atoms with van der Waals surface area (Å²) < 4.78 is 0. The van der Waals surface area contributed by atoms with Crippen molar-refractivity contribution < 1.29 is 4.79 Å². The molecule has 0 radical (unpaired) electrons. The molecule has 0 N–H and O–H groups in total. The van der Waals surface area contributed by atoms with E-state index in [1.54, 1.807) is 0 Å². The zero-order valence-corrected chi connectivity index (χ0v) is 14.4. The Labute approximate surface area is 134 Å². The fourth-order valence-electron chi connectivity index (χ4n) is 2.94. The maximum absolute atomic E-state index is 12.5. The molecule has 0 spiro atoms. The van der Waals surface area contributed by atoms with E-state index >= 15 is 0 Å². The lowest BCUT2D eigenvalue weighted by Crippen LogP contribution is -2.39. The number of carbonyl (C=O) groups is 1. The average molecular weight is 297 g/mol. The van der Waals surface area contributed by atoms with Crippen molar-refractivity contribution >= 4 is 16.7 Å². The van der Waals surface area contributed by atoms with Crippen LogP contribution in [-0.4, -0.2) is 17.4 Å². The van der Waals surface area contributed by atoms with Crippen LogP contribution in [0.3, 0.4) is 0 Å². The molecular formula is C20H27NO. The summed E-state index contributed by atoms with van der Waals surface area (Å²) in [6.45, 7) is 11.4. The number of hydrogen-bond donors (Lipinski definition) is 0. The van der Waals surface area contributed by atoms with E-state index in [9.17, 15) is 4.79 Å². The van der Waals surface area contributed by atoms with E-state index in [2.05, 4.69) is 70.2 Å². The van der Waals surface area contributed by atoms with Crippen LogP contribution in [0.25, 0.3) is 10.8 Å². The number of fused-ring (bicyclic) bond motifs is 1. The van der Waals surface area contributed by atoms with Crippen LogP contribution in [-0.2, 0) is 4.79 Å². The predicted octanol–water partition coefficient (Wildman–Crippen LogP) is 5.19. The number of nitrogens with zero attached hydrogens (tertiary/aromatic N) is 1. The van der Waals surface area contributed by atoms with Crippen LogP contribution in [0, 0.1) is 5.41 Å². The maximum Gasteiger partial charge on any atom is 0.222 e. The fourth-order valence-corrected chi connectivity index (χ4v) is 2.94. The van der Waals surface area contributed by atoms with Gasteiger partial charge < -0.3 is 4.90 Å². The van der Waals surface area contributed by atoms with Crippen LogP contribution in [0.1, 0.15) is 52.6 Å². The van der Waals surface area contributed by atoms with Gasteiger partial charge in [0.2, 0.25) is 5.91 Å². The third kappa shape index (κ3) is 3.68. The highest BCUT2D eigenvalue weighted by Gasteiger charge is 2.26. The molecule has 0 saturated heterocycles. The second-order valence-electron chi connectivity index (χ2n) is 7.18. The number of benzene rings is 2. The fraction of sp³-hybridized carbons (Fsp3) is 0.450. The van der Waals surface area contributed by atoms with Gasteiger partial charge in [-0.25, -0.2) is 0 Å². The topological polar surface area (TPSA) is 20.3 Å². The standard InChI is InChI=1S/C20H27NO/c1-6-19(22)21(14-20(3,4)5)15(2)17-13-9-11-16-10-7-8-12-18(16)17/h7-13,15H,6,14H2,1-5H3. The lowest BCUT2D eigenvalue weighted by atomic mass is 9.93. The van der Waals surface area contributed by atoms with E-state index in [4.69, 9.17) is 0 Å². The monoisotopic (exact) mass is 297 g/mol. The van der Waals surface area contributed by atoms with E-state index in [0.29, 0.717) is 6.42 Å². The Bertz CT molecular complexity index is 649. The highest BCUT2D eigenvalue weighted by atomic mass is 16.2. The summed E-state index contributed by atoms with van der Waals surface area (Å²) in [6, 6.07) is 14.8. The Morgan fingerprint density at radius 3 is 2.36 bits per heavy atom. The van der Waals surface area contributed by atoms with E-state index < -0.39 is 0 Å². The van der Waals surface area contributed by atoms with Gasteiger partial charge in [0.25, 0.3) is 0 Å². The minimum absolute atomic E-state index is 0.0813. The summed E-state index contributed by atoms with van der Waals surface area (Å²) in [4.78, 5) is 14.5. The summed E-state index contributed by atoms with van der Waals surface area (Å²) >= 11 is 0. The van der Waals surface area contributed by atoms with Gasteiger partial charge in [0.05, 0.1) is 6.04 Å². The van der Waals surface area contributed by atoms with E-state index in [1.165, 1.54) is 16.3 Å². The first-order chi connectivity index (χ1) is 10.3. The van der Waals surface area contributed by atoms with Gasteiger partial charge in [-0.15, -0.1) is 0 Å². The molecule has 0 heterocycles. The van der Waals surface area contributed by atoms with Crippen LogP contribution >= 0.6 is 0 Å². The van der Waals surface area contributed by atoms with Gasteiger partial charge in [-0.2, -0.15) is 0 Å². The molecule has 1 unspecified atom stereocenters. The van der Waals surface area contributed by atoms with Crippen molar-refractivity contribution in [2.75, 3.05) is 6.54 Å². The van der Waals surface area contributed by atoms with Crippen LogP contribution < -0.4 is 0 Å². The average Bonchev–Trinajstić information content (AvgIpc) is 2.49. The van der Waals surface area contributed by atoms with E-state index in [-0.39, 0.29) is 17.4 Å². The number of rotatable bonds is 4. The zero-order chi connectivity index (χ0) is 16.3. The lowest BCUT2D eigenvalue weighted by Gasteiger charge is -2.35. The molecule has 118 valence electrons. The van der Waals surface area contributed by atoms with Gasteiger partial charge in [-0.3, -0.25) is 4.79 Å². The van der Waals surface area contributed by atoms with Crippen molar-refractivity contribution in [3.63, 3.8) is 0 Å². The molecule has 2 heteroatoms. The van der Waals surface area contributed by atoms with Crippen molar-refractivity contribution in [3.05, 3.63) is 48.0 Å². The Balaban J connectivity index is 2.44. The molecule has 0 fully saturated rings. The van der Waals surface area contributed by atoms with Crippen molar-refractivity contribution in [1.82, 2.24) is 4.90 Å². The summed E-state index contributed by atoms with van der Waals surface area (Å²) in [5, 5.41) is 2.46. The van der Waals surface area contributed by atoms with E-state index in [0.717, 1.165) is 6.54 Å². The Hall–Kier alpha value is -1.83. The normalized spacial score (nSPS) is 13.1. The first kappa shape index (κ1) is 16.5. The van der Waals surface area contributed by atoms with E-state index in [1.807, 2.05) is 11.8 Å². The molecule has 0 saturated carbocycles. The van der Waals surface area contributed by atoms with Gasteiger partial charge in [0, 0.05) is 13.0 Å². The number of amides is 1. The highest BCUT2D eigenvalue weighted by molar-refractivity contribution is 5.86. The molecule has 22 heavy (non-hydrogen) atoms. The van der Waals surface area contributed by atoms with Gasteiger partial charge in [-0.1, -0.05) is 70.2 Å². The Kier molecular flexibility index (Phi) is 4.90. The maximum atomic E-state index is 12.5. The van der Waals surface area contributed by atoms with Crippen LogP contribution in [0.5, 0.6) is 0 Å². The van der Waals surface area contributed by atoms with Crippen LogP contribution in [0.2, 0.25) is 0 Å². The smallest absolute Gasteiger partial charge is 0.222 e. The second kappa shape index (κ2) is 6.51. The summed E-state index contributed by atoms with van der Waals surface area (Å²) in [7, 11) is 0. The van der Waals surface area contributed by atoms with Gasteiger partial charge in [0.1, 0.15) is 0 Å². The molecule has 0 bridgehead atoms. The van der Waals surface area contributed by atoms with Crippen molar-refractivity contribution in [1.29, 1.82) is 0 Å². The van der Waals surface area contributed by atoms with Gasteiger partial charge in [-0.05, 0) is 28.7 Å². The third-order valence-electron chi connectivity index (χ3n) is 4.01. The first-order valence-corrected chi connectivity index (χ1v) is 8.10. The molecule has 1 amide bonds. The molecule has 2 nitrogen and oxygen atoms in total. The Morgan fingerprint density at radius 2 is 1.73 bits per heavy atom. The predicted molar refractivity (Wildman–Crippen MR) is 93.8 cm³/mol. The highest BCUT2D eigenvalue weighted by Crippen LogP contribution is 2.30. The van der Waals surface area contributed by atoms with Crippen molar-refractivity contribution in [3.8, 4) is 0 Å². The number of carbonyl (C=O) groups excluding carboxylic acids is 1. The molecule has 2 aromatic rings. The molecule has 2 aromatic carbocycles. The van der Waals surface area contributed by atoms with Gasteiger partial charge >= 0.3 is 0 Å². The van der Waals surface area contributed by atoms with Gasteiger partial charge in [0.15, 0.2) is 0 Å². The first-order valence-electron chi connectivity index (χ1n) is 8.10. The minimum atomic E-state index is 0.0813. The summed E-state index contributed by atoms with van der Waals surface area (Å²) in [5.74, 6) is 0.218. The van der Waals surface area contributed by atoms with Crippen LogP contribution in [0.15, 0.2) is 42.5 Å². The lowest BCUT2D eigenvalue weighted by molar-refractivity contribution is -0.134. The number of hydrogen-bond acceptors (Lipinski definition) is 1. The SMILES string of the molecule is CCC(=O)N(CC(C)(C)C)C(C)c1cccc2ccccc12. The molecule has 1 atom stereocenters. The molecular weight excluding hydrogens is 270 g/mol. The molecule has 0 aliphatic rings. The largest absolute Gasteiger partial charge is 0.335 e. The molecule has 0 aliphatic heterocycles. The quantitative estimate of drug-likeness (QED) is 0.761. The summed E-state index contributed by atoms with van der Waals surface area (Å²) in [5.41, 5.74) is 1.31. The Morgan fingerprint density at radius 1 is 1.09 bits per heavy atom. The van der Waals surface area contributed by atoms with Crippen molar-refractivity contribution in [2.24, 2.45) is 5.41 Å². The van der Waals surface area contributed by atoms with Crippen LogP contribution in [0.4, 0.5) is 0 Å². The summed E-state index contributed by atoms with van der Waals surface area (Å²) in [6.07, 6.45) is 0.547. The molecule has 0 aliphatic carbocycles. The zero-order valence-electron chi connectivity index (χ0n) is 14.4. The van der Waals surface area contributed by atoms with Crippen molar-refractivity contribution in [2.45, 2.75) is 47.1 Å².